The Morgan fingerprint density at radius 1 is 1.33 bits per heavy atom. The van der Waals surface area contributed by atoms with Gasteiger partial charge >= 0.3 is 6.01 Å². The third kappa shape index (κ3) is 3.30. The molecule has 7 nitrogen and oxygen atoms in total. The van der Waals surface area contributed by atoms with Crippen LogP contribution in [0.2, 0.25) is 0 Å². The first-order valence-corrected chi connectivity index (χ1v) is 7.66. The highest BCUT2D eigenvalue weighted by atomic mass is 32.2. The Morgan fingerprint density at radius 2 is 1.95 bits per heavy atom. The molecule has 0 unspecified atom stereocenters. The standard InChI is InChI=1S/C12H15FN4O3S/c1-4-20-12-14-11(15-16-12)17-21(18,19)10-7(2)5-9(13)6-8(10)3/h5-6H,4H2,1-3H3,(H2,14,15,16,17). The summed E-state index contributed by atoms with van der Waals surface area (Å²) in [7, 11) is -3.90. The quantitative estimate of drug-likeness (QED) is 0.876. The molecule has 0 aliphatic heterocycles. The SMILES string of the molecule is CCOc1n[nH]c(NS(=O)(=O)c2c(C)cc(F)cc2C)n1. The lowest BCUT2D eigenvalue weighted by atomic mass is 10.1. The van der Waals surface area contributed by atoms with Crippen LogP contribution < -0.4 is 9.46 Å². The third-order valence-electron chi connectivity index (χ3n) is 2.66. The topological polar surface area (TPSA) is 97.0 Å². The van der Waals surface area contributed by atoms with Crippen LogP contribution >= 0.6 is 0 Å². The van der Waals surface area contributed by atoms with Crippen LogP contribution in [0.3, 0.4) is 0 Å². The van der Waals surface area contributed by atoms with Crippen molar-refractivity contribution in [1.29, 1.82) is 0 Å². The Hall–Kier alpha value is -2.16. The fraction of sp³-hybridized carbons (Fsp3) is 0.333. The summed E-state index contributed by atoms with van der Waals surface area (Å²) in [4.78, 5) is 3.85. The van der Waals surface area contributed by atoms with Gasteiger partial charge in [-0.1, -0.05) is 0 Å². The van der Waals surface area contributed by atoms with E-state index >= 15 is 0 Å². The first-order valence-electron chi connectivity index (χ1n) is 6.18. The molecule has 2 rings (SSSR count). The van der Waals surface area contributed by atoms with Gasteiger partial charge in [0.25, 0.3) is 10.0 Å². The molecule has 0 amide bonds. The second-order valence-electron chi connectivity index (χ2n) is 4.37. The number of hydrogen-bond acceptors (Lipinski definition) is 5. The van der Waals surface area contributed by atoms with Crippen LogP contribution in [-0.2, 0) is 10.0 Å². The highest BCUT2D eigenvalue weighted by Gasteiger charge is 2.22. The Morgan fingerprint density at radius 3 is 2.52 bits per heavy atom. The summed E-state index contributed by atoms with van der Waals surface area (Å²) >= 11 is 0. The number of H-pyrrole nitrogens is 1. The molecular weight excluding hydrogens is 299 g/mol. The number of aromatic nitrogens is 3. The van der Waals surface area contributed by atoms with E-state index in [-0.39, 0.29) is 16.9 Å². The van der Waals surface area contributed by atoms with E-state index in [2.05, 4.69) is 19.9 Å². The molecule has 9 heteroatoms. The van der Waals surface area contributed by atoms with E-state index in [9.17, 15) is 12.8 Å². The number of aryl methyl sites for hydroxylation is 2. The monoisotopic (exact) mass is 314 g/mol. The van der Waals surface area contributed by atoms with E-state index in [1.54, 1.807) is 6.92 Å². The number of ether oxygens (including phenoxy) is 1. The van der Waals surface area contributed by atoms with Gasteiger partial charge in [-0.2, -0.15) is 4.98 Å². The molecule has 1 aromatic heterocycles. The van der Waals surface area contributed by atoms with Crippen molar-refractivity contribution in [3.63, 3.8) is 0 Å². The van der Waals surface area contributed by atoms with Gasteiger partial charge in [-0.3, -0.25) is 0 Å². The molecule has 0 fully saturated rings. The zero-order valence-corrected chi connectivity index (χ0v) is 12.6. The molecular formula is C12H15FN4O3S. The summed E-state index contributed by atoms with van der Waals surface area (Å²) in [5.41, 5.74) is 0.620. The normalized spacial score (nSPS) is 11.4. The van der Waals surface area contributed by atoms with Crippen LogP contribution in [0, 0.1) is 19.7 Å². The van der Waals surface area contributed by atoms with Crippen LogP contribution in [-0.4, -0.2) is 30.2 Å². The summed E-state index contributed by atoms with van der Waals surface area (Å²) in [5, 5.41) is 6.11. The van der Waals surface area contributed by atoms with Crippen molar-refractivity contribution in [2.24, 2.45) is 0 Å². The maximum atomic E-state index is 13.3. The maximum absolute atomic E-state index is 13.3. The number of benzene rings is 1. The molecule has 2 N–H and O–H groups in total. The summed E-state index contributed by atoms with van der Waals surface area (Å²) in [5.74, 6) is -0.552. The fourth-order valence-corrected chi connectivity index (χ4v) is 3.40. The van der Waals surface area contributed by atoms with E-state index in [0.717, 1.165) is 12.1 Å². The number of nitrogens with one attached hydrogen (secondary N) is 2. The molecule has 0 atom stereocenters. The molecule has 0 bridgehead atoms. The summed E-state index contributed by atoms with van der Waals surface area (Å²) in [6, 6.07) is 2.36. The first kappa shape index (κ1) is 15.2. The van der Waals surface area contributed by atoms with Crippen molar-refractivity contribution in [1.82, 2.24) is 15.2 Å². The Bertz CT molecular complexity index is 735. The zero-order chi connectivity index (χ0) is 15.6. The van der Waals surface area contributed by atoms with Crippen LogP contribution in [0.5, 0.6) is 6.01 Å². The Balaban J connectivity index is 2.34. The predicted octanol–water partition coefficient (Wildman–Crippen LogP) is 1.76. The van der Waals surface area contributed by atoms with E-state index < -0.39 is 15.8 Å². The largest absolute Gasteiger partial charge is 0.463 e. The molecule has 114 valence electrons. The number of hydrogen-bond donors (Lipinski definition) is 2. The molecule has 1 heterocycles. The van der Waals surface area contributed by atoms with Crippen molar-refractivity contribution >= 4 is 16.0 Å². The number of nitrogens with zero attached hydrogens (tertiary/aromatic N) is 2. The first-order chi connectivity index (χ1) is 9.83. The van der Waals surface area contributed by atoms with Gasteiger partial charge in [-0.25, -0.2) is 22.6 Å². The van der Waals surface area contributed by atoms with E-state index in [4.69, 9.17) is 4.74 Å². The summed E-state index contributed by atoms with van der Waals surface area (Å²) in [6.45, 7) is 5.17. The average Bonchev–Trinajstić information content (AvgIpc) is 2.74. The Labute approximate surface area is 121 Å². The maximum Gasteiger partial charge on any atom is 0.337 e. The molecule has 0 saturated heterocycles. The minimum Gasteiger partial charge on any atom is -0.463 e. The highest BCUT2D eigenvalue weighted by molar-refractivity contribution is 7.92. The smallest absolute Gasteiger partial charge is 0.337 e. The van der Waals surface area contributed by atoms with Gasteiger partial charge in [0.2, 0.25) is 5.95 Å². The van der Waals surface area contributed by atoms with Gasteiger partial charge in [0.1, 0.15) is 5.82 Å². The molecule has 0 saturated carbocycles. The lowest BCUT2D eigenvalue weighted by Gasteiger charge is -2.11. The van der Waals surface area contributed by atoms with Crippen molar-refractivity contribution < 1.29 is 17.5 Å². The number of aromatic amines is 1. The van der Waals surface area contributed by atoms with Crippen LogP contribution in [0.4, 0.5) is 10.3 Å². The van der Waals surface area contributed by atoms with Gasteiger partial charge in [-0.15, -0.1) is 5.10 Å². The van der Waals surface area contributed by atoms with Gasteiger partial charge in [-0.05, 0) is 44.0 Å². The minimum absolute atomic E-state index is 0.0123. The summed E-state index contributed by atoms with van der Waals surface area (Å²) < 4.78 is 45.3. The predicted molar refractivity (Wildman–Crippen MR) is 74.2 cm³/mol. The van der Waals surface area contributed by atoms with Crippen LogP contribution in [0.1, 0.15) is 18.1 Å². The molecule has 1 aromatic carbocycles. The van der Waals surface area contributed by atoms with Crippen LogP contribution in [0.25, 0.3) is 0 Å². The van der Waals surface area contributed by atoms with Crippen molar-refractivity contribution in [3.05, 3.63) is 29.1 Å². The molecule has 2 aromatic rings. The van der Waals surface area contributed by atoms with Crippen molar-refractivity contribution in [2.45, 2.75) is 25.7 Å². The van der Waals surface area contributed by atoms with Crippen molar-refractivity contribution in [2.75, 3.05) is 11.3 Å². The average molecular weight is 314 g/mol. The fourth-order valence-electron chi connectivity index (χ4n) is 1.99. The minimum atomic E-state index is -3.90. The second kappa shape index (κ2) is 5.68. The second-order valence-corrected chi connectivity index (χ2v) is 5.99. The van der Waals surface area contributed by atoms with Gasteiger partial charge in [0.05, 0.1) is 11.5 Å². The van der Waals surface area contributed by atoms with Crippen molar-refractivity contribution in [3.8, 4) is 6.01 Å². The summed E-state index contributed by atoms with van der Waals surface area (Å²) in [6.07, 6.45) is 0. The molecule has 0 radical (unpaired) electrons. The number of halogens is 1. The lowest BCUT2D eigenvalue weighted by Crippen LogP contribution is -2.17. The van der Waals surface area contributed by atoms with E-state index in [1.165, 1.54) is 13.8 Å². The zero-order valence-electron chi connectivity index (χ0n) is 11.8. The van der Waals surface area contributed by atoms with Crippen LogP contribution in [0.15, 0.2) is 17.0 Å². The molecule has 0 aliphatic rings. The highest BCUT2D eigenvalue weighted by Crippen LogP contribution is 2.23. The Kier molecular flexibility index (Phi) is 4.12. The number of sulfonamides is 1. The lowest BCUT2D eigenvalue weighted by molar-refractivity contribution is 0.314. The third-order valence-corrected chi connectivity index (χ3v) is 4.31. The molecule has 21 heavy (non-hydrogen) atoms. The van der Waals surface area contributed by atoms with E-state index in [0.29, 0.717) is 17.7 Å². The molecule has 0 aliphatic carbocycles. The van der Waals surface area contributed by atoms with E-state index in [1.807, 2.05) is 0 Å². The van der Waals surface area contributed by atoms with Gasteiger partial charge in [0.15, 0.2) is 0 Å². The molecule has 0 spiro atoms. The van der Waals surface area contributed by atoms with Gasteiger partial charge < -0.3 is 4.74 Å². The number of anilines is 1. The van der Waals surface area contributed by atoms with Gasteiger partial charge in [0, 0.05) is 0 Å². The number of rotatable bonds is 5.